The minimum Gasteiger partial charge on any atom is -0.289 e. The Morgan fingerprint density at radius 2 is 2.14 bits per heavy atom. The minimum atomic E-state index is -2.76. The van der Waals surface area contributed by atoms with Crippen molar-refractivity contribution in [1.29, 1.82) is 0 Å². The highest BCUT2D eigenvalue weighted by atomic mass is 32.2. The lowest BCUT2D eigenvalue weighted by atomic mass is 9.88. The van der Waals surface area contributed by atoms with E-state index in [0.29, 0.717) is 6.54 Å². The van der Waals surface area contributed by atoms with E-state index in [9.17, 15) is 13.2 Å². The molecule has 0 saturated heterocycles. The number of hydrogen-bond acceptors (Lipinski definition) is 7. The lowest BCUT2D eigenvalue weighted by Crippen LogP contribution is -2.41. The van der Waals surface area contributed by atoms with Crippen molar-refractivity contribution < 1.29 is 18.4 Å². The molecule has 1 amide bonds. The zero-order valence-corrected chi connectivity index (χ0v) is 17.3. The standard InChI is InChI=1S/C18H22N4O4S2/c1-3-16-20-14-5-4-12(8-15(14)27-16)13-9-19-22(10-13)7-6-18(2,11-28(25)26)17(23)21-24/h4-5,8-10,24,28H,3,6-7,11H2,1-2H3,(H,21,23). The third-order valence-corrected chi connectivity index (χ3v) is 6.84. The van der Waals surface area contributed by atoms with Gasteiger partial charge in [-0.3, -0.25) is 14.7 Å². The molecule has 0 spiro atoms. The van der Waals surface area contributed by atoms with Crippen molar-refractivity contribution >= 4 is 38.2 Å². The Bertz CT molecular complexity index is 1060. The van der Waals surface area contributed by atoms with Gasteiger partial charge in [0, 0.05) is 18.3 Å². The third-order valence-electron chi connectivity index (χ3n) is 4.72. The summed E-state index contributed by atoms with van der Waals surface area (Å²) in [6, 6.07) is 6.07. The van der Waals surface area contributed by atoms with E-state index in [1.807, 2.05) is 18.3 Å². The average molecular weight is 423 g/mol. The Morgan fingerprint density at radius 1 is 1.36 bits per heavy atom. The molecule has 10 heteroatoms. The van der Waals surface area contributed by atoms with Crippen LogP contribution in [0.15, 0.2) is 30.6 Å². The van der Waals surface area contributed by atoms with Crippen molar-refractivity contribution in [1.82, 2.24) is 20.2 Å². The van der Waals surface area contributed by atoms with Crippen molar-refractivity contribution in [2.45, 2.75) is 33.2 Å². The number of amides is 1. The van der Waals surface area contributed by atoms with Crippen molar-refractivity contribution in [3.05, 3.63) is 35.6 Å². The SMILES string of the molecule is CCc1nc2ccc(-c3cnn(CCC(C)(C[SH](=O)=O)C(=O)NO)c3)cc2s1. The highest BCUT2D eigenvalue weighted by Gasteiger charge is 2.34. The van der Waals surface area contributed by atoms with E-state index in [4.69, 9.17) is 5.21 Å². The lowest BCUT2D eigenvalue weighted by Gasteiger charge is -2.24. The van der Waals surface area contributed by atoms with Gasteiger partial charge in [-0.2, -0.15) is 5.10 Å². The van der Waals surface area contributed by atoms with Crippen molar-refractivity contribution in [2.75, 3.05) is 5.75 Å². The van der Waals surface area contributed by atoms with Gasteiger partial charge in [0.2, 0.25) is 5.91 Å². The molecule has 3 rings (SSSR count). The molecular formula is C18H22N4O4S2. The number of thiol groups is 1. The summed E-state index contributed by atoms with van der Waals surface area (Å²) < 4.78 is 25.0. The number of hydrogen-bond donors (Lipinski definition) is 3. The average Bonchev–Trinajstić information content (AvgIpc) is 3.30. The maximum Gasteiger partial charge on any atom is 0.250 e. The molecule has 0 aliphatic carbocycles. The van der Waals surface area contributed by atoms with Gasteiger partial charge in [-0.1, -0.05) is 13.0 Å². The van der Waals surface area contributed by atoms with Gasteiger partial charge in [0.1, 0.15) is 10.7 Å². The van der Waals surface area contributed by atoms with E-state index in [1.165, 1.54) is 6.92 Å². The van der Waals surface area contributed by atoms with Crippen LogP contribution in [0.3, 0.4) is 0 Å². The molecule has 0 radical (unpaired) electrons. The fraction of sp³-hybridized carbons (Fsp3) is 0.389. The number of benzene rings is 1. The quantitative estimate of drug-likeness (QED) is 0.291. The van der Waals surface area contributed by atoms with Crippen LogP contribution in [-0.2, 0) is 28.5 Å². The van der Waals surface area contributed by atoms with Gasteiger partial charge in [0.15, 0.2) is 0 Å². The first-order chi connectivity index (χ1) is 13.3. The van der Waals surface area contributed by atoms with Crippen LogP contribution in [0.5, 0.6) is 0 Å². The Labute approximate surface area is 168 Å². The number of hydroxylamine groups is 1. The van der Waals surface area contributed by atoms with E-state index in [-0.39, 0.29) is 12.2 Å². The van der Waals surface area contributed by atoms with Crippen molar-refractivity contribution in [2.24, 2.45) is 5.41 Å². The number of aryl methyl sites for hydroxylation is 2. The van der Waals surface area contributed by atoms with Crippen LogP contribution in [0.25, 0.3) is 21.3 Å². The molecule has 0 saturated carbocycles. The van der Waals surface area contributed by atoms with Gasteiger partial charge < -0.3 is 0 Å². The van der Waals surface area contributed by atoms with Gasteiger partial charge in [-0.15, -0.1) is 11.3 Å². The number of nitrogens with one attached hydrogen (secondary N) is 1. The smallest absolute Gasteiger partial charge is 0.250 e. The van der Waals surface area contributed by atoms with E-state index < -0.39 is 22.0 Å². The van der Waals surface area contributed by atoms with Gasteiger partial charge in [0.25, 0.3) is 0 Å². The second-order valence-electron chi connectivity index (χ2n) is 6.88. The number of carbonyl (C=O) groups is 1. The number of rotatable bonds is 8. The topological polar surface area (TPSA) is 114 Å². The fourth-order valence-corrected chi connectivity index (χ4v) is 4.80. The second-order valence-corrected chi connectivity index (χ2v) is 8.98. The minimum absolute atomic E-state index is 0.220. The molecule has 28 heavy (non-hydrogen) atoms. The molecule has 2 aromatic heterocycles. The van der Waals surface area contributed by atoms with E-state index in [2.05, 4.69) is 23.1 Å². The van der Waals surface area contributed by atoms with Gasteiger partial charge in [0.05, 0.1) is 32.6 Å². The molecule has 1 aromatic carbocycles. The summed E-state index contributed by atoms with van der Waals surface area (Å²) in [5, 5.41) is 14.3. The highest BCUT2D eigenvalue weighted by Crippen LogP contribution is 2.29. The first-order valence-electron chi connectivity index (χ1n) is 8.83. The van der Waals surface area contributed by atoms with Gasteiger partial charge in [-0.25, -0.2) is 18.9 Å². The fourth-order valence-electron chi connectivity index (χ4n) is 2.98. The summed E-state index contributed by atoms with van der Waals surface area (Å²) in [6.45, 7) is 3.93. The monoisotopic (exact) mass is 422 g/mol. The normalized spacial score (nSPS) is 13.7. The Morgan fingerprint density at radius 3 is 2.82 bits per heavy atom. The van der Waals surface area contributed by atoms with Crippen LogP contribution in [0.1, 0.15) is 25.3 Å². The molecule has 0 aliphatic rings. The van der Waals surface area contributed by atoms with Gasteiger partial charge >= 0.3 is 0 Å². The zero-order chi connectivity index (χ0) is 20.3. The summed E-state index contributed by atoms with van der Waals surface area (Å²) in [7, 11) is -2.76. The van der Waals surface area contributed by atoms with Crippen LogP contribution >= 0.6 is 11.3 Å². The van der Waals surface area contributed by atoms with Gasteiger partial charge in [-0.05, 0) is 37.5 Å². The molecule has 3 aromatic rings. The summed E-state index contributed by atoms with van der Waals surface area (Å²) in [6.07, 6.45) is 4.72. The Balaban J connectivity index is 1.77. The lowest BCUT2D eigenvalue weighted by molar-refractivity contribution is -0.138. The highest BCUT2D eigenvalue weighted by molar-refractivity contribution is 7.72. The molecule has 2 heterocycles. The van der Waals surface area contributed by atoms with E-state index >= 15 is 0 Å². The van der Waals surface area contributed by atoms with Crippen molar-refractivity contribution in [3.8, 4) is 11.1 Å². The molecule has 0 aliphatic heterocycles. The molecule has 150 valence electrons. The zero-order valence-electron chi connectivity index (χ0n) is 15.6. The number of carbonyl (C=O) groups excluding carboxylic acids is 1. The Kier molecular flexibility index (Phi) is 6.11. The molecule has 8 nitrogen and oxygen atoms in total. The largest absolute Gasteiger partial charge is 0.289 e. The molecule has 1 atom stereocenters. The number of thiazole rings is 1. The summed E-state index contributed by atoms with van der Waals surface area (Å²) >= 11 is 1.67. The third kappa shape index (κ3) is 4.40. The first-order valence-corrected chi connectivity index (χ1v) is 11.0. The second kappa shape index (κ2) is 8.38. The summed E-state index contributed by atoms with van der Waals surface area (Å²) in [5.74, 6) is -1.06. The van der Waals surface area contributed by atoms with Crippen LogP contribution in [0, 0.1) is 5.41 Å². The van der Waals surface area contributed by atoms with Crippen molar-refractivity contribution in [3.63, 3.8) is 0 Å². The van der Waals surface area contributed by atoms with Crippen LogP contribution in [0.2, 0.25) is 0 Å². The maximum absolute atomic E-state index is 11.9. The van der Waals surface area contributed by atoms with E-state index in [1.54, 1.807) is 27.7 Å². The maximum atomic E-state index is 11.9. The molecular weight excluding hydrogens is 400 g/mol. The molecule has 0 fully saturated rings. The summed E-state index contributed by atoms with van der Waals surface area (Å²) in [5.41, 5.74) is 3.26. The predicted octanol–water partition coefficient (Wildman–Crippen LogP) is 2.24. The Hall–Kier alpha value is -2.30. The first kappa shape index (κ1) is 20.4. The van der Waals surface area contributed by atoms with Crippen LogP contribution in [-0.4, -0.2) is 40.0 Å². The number of fused-ring (bicyclic) bond motifs is 1. The molecule has 1 unspecified atom stereocenters. The van der Waals surface area contributed by atoms with E-state index in [0.717, 1.165) is 32.8 Å². The van der Waals surface area contributed by atoms with Crippen LogP contribution in [0.4, 0.5) is 0 Å². The molecule has 0 bridgehead atoms. The predicted molar refractivity (Wildman–Crippen MR) is 108 cm³/mol. The van der Waals surface area contributed by atoms with Crippen LogP contribution < -0.4 is 5.48 Å². The number of nitrogens with zero attached hydrogens (tertiary/aromatic N) is 3. The summed E-state index contributed by atoms with van der Waals surface area (Å²) in [4.78, 5) is 16.5. The number of aromatic nitrogens is 3. The molecule has 2 N–H and O–H groups in total.